The number of nitriles is 1. The summed E-state index contributed by atoms with van der Waals surface area (Å²) in [5.74, 6) is 0. The zero-order valence-corrected chi connectivity index (χ0v) is 11.8. The van der Waals surface area contributed by atoms with Crippen LogP contribution in [0, 0.1) is 11.3 Å². The molecule has 0 aliphatic rings. The molecule has 0 fully saturated rings. The summed E-state index contributed by atoms with van der Waals surface area (Å²) in [6.45, 7) is 0. The Bertz CT molecular complexity index is 904. The second-order valence-corrected chi connectivity index (χ2v) is 5.17. The molecule has 0 atom stereocenters. The van der Waals surface area contributed by atoms with Gasteiger partial charge in [-0.2, -0.15) is 18.4 Å². The topological polar surface area (TPSA) is 28.7 Å². The fourth-order valence-electron chi connectivity index (χ4n) is 2.34. The first-order valence-corrected chi connectivity index (χ1v) is 6.66. The van der Waals surface area contributed by atoms with Gasteiger partial charge in [-0.3, -0.25) is 0 Å². The zero-order valence-electron chi connectivity index (χ0n) is 11.0. The number of aromatic nitrogens is 1. The summed E-state index contributed by atoms with van der Waals surface area (Å²) >= 11 is 5.92. The molecule has 2 aromatic carbocycles. The van der Waals surface area contributed by atoms with Gasteiger partial charge < -0.3 is 4.57 Å². The Morgan fingerprint density at radius 3 is 2.50 bits per heavy atom. The number of alkyl halides is 3. The lowest BCUT2D eigenvalue weighted by atomic mass is 10.1. The maximum Gasteiger partial charge on any atom is 0.416 e. The first kappa shape index (κ1) is 14.5. The van der Waals surface area contributed by atoms with E-state index >= 15 is 0 Å². The first-order valence-electron chi connectivity index (χ1n) is 6.28. The van der Waals surface area contributed by atoms with Gasteiger partial charge in [0.05, 0.1) is 22.3 Å². The average Bonchev–Trinajstić information content (AvgIpc) is 2.88. The fourth-order valence-corrected chi connectivity index (χ4v) is 2.52. The molecule has 0 saturated heterocycles. The van der Waals surface area contributed by atoms with Crippen LogP contribution in [-0.4, -0.2) is 4.57 Å². The van der Waals surface area contributed by atoms with E-state index in [4.69, 9.17) is 11.6 Å². The molecule has 110 valence electrons. The number of halogens is 4. The summed E-state index contributed by atoms with van der Waals surface area (Å²) in [5, 5.41) is 10.6. The average molecular weight is 321 g/mol. The SMILES string of the molecule is N#Cc1cc(C(F)(F)F)ccc1-n1ccc2cc(Cl)ccc21. The van der Waals surface area contributed by atoms with Crippen molar-refractivity contribution in [1.29, 1.82) is 5.26 Å². The van der Waals surface area contributed by atoms with Crippen LogP contribution < -0.4 is 0 Å². The van der Waals surface area contributed by atoms with Crippen LogP contribution in [0.5, 0.6) is 0 Å². The third-order valence-corrected chi connectivity index (χ3v) is 3.59. The van der Waals surface area contributed by atoms with E-state index < -0.39 is 11.7 Å². The largest absolute Gasteiger partial charge is 0.416 e. The van der Waals surface area contributed by atoms with Crippen molar-refractivity contribution in [2.45, 2.75) is 6.18 Å². The Kier molecular flexibility index (Phi) is 3.34. The molecule has 22 heavy (non-hydrogen) atoms. The lowest BCUT2D eigenvalue weighted by Crippen LogP contribution is -2.06. The molecule has 0 radical (unpaired) electrons. The minimum atomic E-state index is -4.48. The summed E-state index contributed by atoms with van der Waals surface area (Å²) in [6.07, 6.45) is -2.78. The summed E-state index contributed by atoms with van der Waals surface area (Å²) in [4.78, 5) is 0. The van der Waals surface area contributed by atoms with Gasteiger partial charge in [0.25, 0.3) is 0 Å². The predicted molar refractivity (Wildman–Crippen MR) is 78.0 cm³/mol. The van der Waals surface area contributed by atoms with Gasteiger partial charge in [-0.1, -0.05) is 11.6 Å². The zero-order chi connectivity index (χ0) is 15.9. The summed E-state index contributed by atoms with van der Waals surface area (Å²) < 4.78 is 39.9. The highest BCUT2D eigenvalue weighted by molar-refractivity contribution is 6.31. The van der Waals surface area contributed by atoms with Crippen molar-refractivity contribution in [1.82, 2.24) is 4.57 Å². The Morgan fingerprint density at radius 1 is 1.05 bits per heavy atom. The van der Waals surface area contributed by atoms with Gasteiger partial charge >= 0.3 is 6.18 Å². The van der Waals surface area contributed by atoms with E-state index in [1.807, 2.05) is 6.07 Å². The third-order valence-electron chi connectivity index (χ3n) is 3.36. The first-order chi connectivity index (χ1) is 10.4. The summed E-state index contributed by atoms with van der Waals surface area (Å²) in [6, 6.07) is 12.0. The van der Waals surface area contributed by atoms with Crippen molar-refractivity contribution in [3.63, 3.8) is 0 Å². The van der Waals surface area contributed by atoms with Crippen molar-refractivity contribution in [2.24, 2.45) is 0 Å². The smallest absolute Gasteiger partial charge is 0.315 e. The van der Waals surface area contributed by atoms with Crippen molar-refractivity contribution >= 4 is 22.5 Å². The number of hydrogen-bond donors (Lipinski definition) is 0. The predicted octanol–water partition coefficient (Wildman–Crippen LogP) is 5.17. The van der Waals surface area contributed by atoms with Crippen molar-refractivity contribution < 1.29 is 13.2 Å². The fraction of sp³-hybridized carbons (Fsp3) is 0.0625. The van der Waals surface area contributed by atoms with E-state index in [1.165, 1.54) is 6.07 Å². The maximum atomic E-state index is 12.7. The summed E-state index contributed by atoms with van der Waals surface area (Å²) in [7, 11) is 0. The molecule has 0 bridgehead atoms. The van der Waals surface area contributed by atoms with Crippen molar-refractivity contribution in [2.75, 3.05) is 0 Å². The van der Waals surface area contributed by atoms with Crippen LogP contribution in [0.2, 0.25) is 5.02 Å². The Labute approximate surface area is 129 Å². The molecule has 0 aliphatic heterocycles. The minimum Gasteiger partial charge on any atom is -0.315 e. The molecule has 0 saturated carbocycles. The van der Waals surface area contributed by atoms with Crippen LogP contribution in [0.3, 0.4) is 0 Å². The molecule has 1 aromatic heterocycles. The monoisotopic (exact) mass is 320 g/mol. The van der Waals surface area contributed by atoms with Gasteiger partial charge in [-0.25, -0.2) is 0 Å². The van der Waals surface area contributed by atoms with Crippen LogP contribution in [0.25, 0.3) is 16.6 Å². The van der Waals surface area contributed by atoms with E-state index in [1.54, 1.807) is 35.0 Å². The van der Waals surface area contributed by atoms with Crippen LogP contribution >= 0.6 is 11.6 Å². The molecule has 0 spiro atoms. The van der Waals surface area contributed by atoms with E-state index in [9.17, 15) is 18.4 Å². The van der Waals surface area contributed by atoms with Gasteiger partial charge in [0.15, 0.2) is 0 Å². The van der Waals surface area contributed by atoms with E-state index in [-0.39, 0.29) is 5.56 Å². The lowest BCUT2D eigenvalue weighted by molar-refractivity contribution is -0.137. The Balaban J connectivity index is 2.21. The number of hydrogen-bond acceptors (Lipinski definition) is 1. The lowest BCUT2D eigenvalue weighted by Gasteiger charge is -2.11. The molecule has 3 aromatic rings. The van der Waals surface area contributed by atoms with E-state index in [2.05, 4.69) is 0 Å². The molecular formula is C16H8ClF3N2. The second-order valence-electron chi connectivity index (χ2n) is 4.73. The molecule has 0 aliphatic carbocycles. The minimum absolute atomic E-state index is 0.0396. The molecule has 0 amide bonds. The van der Waals surface area contributed by atoms with Crippen LogP contribution in [0.4, 0.5) is 13.2 Å². The highest BCUT2D eigenvalue weighted by atomic mass is 35.5. The molecule has 0 N–H and O–H groups in total. The molecule has 1 heterocycles. The molecule has 2 nitrogen and oxygen atoms in total. The second kappa shape index (κ2) is 5.08. The normalized spacial score (nSPS) is 11.6. The molecule has 6 heteroatoms. The molecular weight excluding hydrogens is 313 g/mol. The Hall–Kier alpha value is -2.45. The van der Waals surface area contributed by atoms with Crippen molar-refractivity contribution in [3.05, 3.63) is 64.8 Å². The number of rotatable bonds is 1. The van der Waals surface area contributed by atoms with E-state index in [0.29, 0.717) is 10.7 Å². The third kappa shape index (κ3) is 2.42. The van der Waals surface area contributed by atoms with E-state index in [0.717, 1.165) is 23.0 Å². The highest BCUT2D eigenvalue weighted by Crippen LogP contribution is 2.32. The number of fused-ring (bicyclic) bond motifs is 1. The van der Waals surface area contributed by atoms with Crippen LogP contribution in [0.15, 0.2) is 48.7 Å². The maximum absolute atomic E-state index is 12.7. The molecule has 0 unspecified atom stereocenters. The van der Waals surface area contributed by atoms with Crippen molar-refractivity contribution in [3.8, 4) is 11.8 Å². The van der Waals surface area contributed by atoms with Crippen LogP contribution in [-0.2, 0) is 6.18 Å². The van der Waals surface area contributed by atoms with Crippen LogP contribution in [0.1, 0.15) is 11.1 Å². The van der Waals surface area contributed by atoms with Gasteiger partial charge in [0, 0.05) is 16.6 Å². The Morgan fingerprint density at radius 2 is 1.82 bits per heavy atom. The number of nitrogens with zero attached hydrogens (tertiary/aromatic N) is 2. The quantitative estimate of drug-likeness (QED) is 0.607. The van der Waals surface area contributed by atoms with Gasteiger partial charge in [-0.15, -0.1) is 0 Å². The van der Waals surface area contributed by atoms with Gasteiger partial charge in [0.1, 0.15) is 6.07 Å². The number of benzene rings is 2. The standard InChI is InChI=1S/C16H8ClF3N2/c17-13-2-4-14-10(8-13)5-6-22(14)15-3-1-12(16(18,19)20)7-11(15)9-21/h1-8H. The highest BCUT2D eigenvalue weighted by Gasteiger charge is 2.31. The molecule has 3 rings (SSSR count). The summed E-state index contributed by atoms with van der Waals surface area (Å²) in [5.41, 5.74) is 0.281. The van der Waals surface area contributed by atoms with Gasteiger partial charge in [0.2, 0.25) is 0 Å². The van der Waals surface area contributed by atoms with Gasteiger partial charge in [-0.05, 0) is 42.5 Å².